The van der Waals surface area contributed by atoms with Gasteiger partial charge in [-0.05, 0) is 36.2 Å². The van der Waals surface area contributed by atoms with Gasteiger partial charge in [-0.1, -0.05) is 18.2 Å². The molecule has 27 heavy (non-hydrogen) atoms. The van der Waals surface area contributed by atoms with Crippen molar-refractivity contribution in [1.82, 2.24) is 15.3 Å². The maximum Gasteiger partial charge on any atom is 0.270 e. The topological polar surface area (TPSA) is 66.9 Å². The molecule has 3 rings (SSSR count). The third kappa shape index (κ3) is 4.81. The van der Waals surface area contributed by atoms with E-state index in [2.05, 4.69) is 20.6 Å². The van der Waals surface area contributed by atoms with Gasteiger partial charge in [0.15, 0.2) is 11.6 Å². The fraction of sp³-hybridized carbons (Fsp3) is 0.105. The molecule has 2 aromatic carbocycles. The van der Waals surface area contributed by atoms with Crippen LogP contribution in [0.15, 0.2) is 54.7 Å². The zero-order valence-electron chi connectivity index (χ0n) is 14.0. The first-order valence-electron chi connectivity index (χ1n) is 8.09. The molecule has 0 unspecified atom stereocenters. The number of aromatic nitrogens is 2. The van der Waals surface area contributed by atoms with Gasteiger partial charge < -0.3 is 10.6 Å². The summed E-state index contributed by atoms with van der Waals surface area (Å²) in [5.74, 6) is -2.71. The molecule has 0 aliphatic rings. The monoisotopic (exact) mass is 372 g/mol. The molecule has 3 aromatic rings. The molecular formula is C19H15F3N4O. The Morgan fingerprint density at radius 1 is 0.963 bits per heavy atom. The largest absolute Gasteiger partial charge is 0.350 e. The summed E-state index contributed by atoms with van der Waals surface area (Å²) in [5, 5.41) is 5.35. The summed E-state index contributed by atoms with van der Waals surface area (Å²) in [4.78, 5) is 20.2. The van der Waals surface area contributed by atoms with Gasteiger partial charge in [-0.3, -0.25) is 4.79 Å². The lowest BCUT2D eigenvalue weighted by Gasteiger charge is -2.08. The number of halogens is 3. The van der Waals surface area contributed by atoms with Crippen LogP contribution in [0.3, 0.4) is 0 Å². The van der Waals surface area contributed by atoms with E-state index in [0.29, 0.717) is 12.0 Å². The minimum atomic E-state index is -1.01. The summed E-state index contributed by atoms with van der Waals surface area (Å²) in [6.45, 7) is 0.232. The van der Waals surface area contributed by atoms with Crippen LogP contribution in [-0.4, -0.2) is 22.4 Å². The van der Waals surface area contributed by atoms with Crippen molar-refractivity contribution in [3.8, 4) is 0 Å². The average molecular weight is 372 g/mol. The Labute approximate surface area is 153 Å². The molecule has 0 saturated carbocycles. The second-order valence-electron chi connectivity index (χ2n) is 5.62. The van der Waals surface area contributed by atoms with E-state index in [-0.39, 0.29) is 29.7 Å². The lowest BCUT2D eigenvalue weighted by atomic mass is 10.1. The number of benzene rings is 2. The Morgan fingerprint density at radius 2 is 1.78 bits per heavy atom. The average Bonchev–Trinajstić information content (AvgIpc) is 2.66. The minimum Gasteiger partial charge on any atom is -0.350 e. The molecule has 0 saturated heterocycles. The van der Waals surface area contributed by atoms with Crippen LogP contribution in [0, 0.1) is 17.5 Å². The fourth-order valence-corrected chi connectivity index (χ4v) is 2.35. The van der Waals surface area contributed by atoms with E-state index in [1.54, 1.807) is 18.2 Å². The molecule has 138 valence electrons. The summed E-state index contributed by atoms with van der Waals surface area (Å²) >= 11 is 0. The van der Waals surface area contributed by atoms with Crippen LogP contribution >= 0.6 is 0 Å². The first-order chi connectivity index (χ1) is 13.0. The van der Waals surface area contributed by atoms with Crippen molar-refractivity contribution in [3.05, 3.63) is 83.4 Å². The van der Waals surface area contributed by atoms with E-state index >= 15 is 0 Å². The number of anilines is 2. The van der Waals surface area contributed by atoms with E-state index in [1.165, 1.54) is 24.4 Å². The van der Waals surface area contributed by atoms with Crippen molar-refractivity contribution in [2.45, 2.75) is 6.42 Å². The molecule has 1 amide bonds. The van der Waals surface area contributed by atoms with E-state index in [9.17, 15) is 18.0 Å². The van der Waals surface area contributed by atoms with Crippen LogP contribution in [0.5, 0.6) is 0 Å². The van der Waals surface area contributed by atoms with Gasteiger partial charge in [0.2, 0.25) is 5.95 Å². The van der Waals surface area contributed by atoms with Crippen LogP contribution in [0.4, 0.5) is 24.8 Å². The molecule has 5 nitrogen and oxygen atoms in total. The predicted octanol–water partition coefficient (Wildman–Crippen LogP) is 3.61. The summed E-state index contributed by atoms with van der Waals surface area (Å²) in [5.41, 5.74) is 0.829. The Hall–Kier alpha value is -3.42. The Balaban J connectivity index is 1.61. The van der Waals surface area contributed by atoms with Crippen molar-refractivity contribution in [2.75, 3.05) is 11.9 Å². The number of rotatable bonds is 6. The maximum atomic E-state index is 13.6. The predicted molar refractivity (Wildman–Crippen MR) is 94.1 cm³/mol. The van der Waals surface area contributed by atoms with E-state index < -0.39 is 17.5 Å². The van der Waals surface area contributed by atoms with Crippen LogP contribution in [0.2, 0.25) is 0 Å². The molecule has 0 spiro atoms. The molecular weight excluding hydrogens is 357 g/mol. The highest BCUT2D eigenvalue weighted by Crippen LogP contribution is 2.16. The Bertz CT molecular complexity index is 965. The van der Waals surface area contributed by atoms with Gasteiger partial charge in [0.25, 0.3) is 5.91 Å². The summed E-state index contributed by atoms with van der Waals surface area (Å²) in [7, 11) is 0. The highest BCUT2D eigenvalue weighted by atomic mass is 19.2. The molecule has 0 aliphatic carbocycles. The number of hydrogen-bond donors (Lipinski definition) is 2. The highest BCUT2D eigenvalue weighted by molar-refractivity contribution is 5.92. The standard InChI is InChI=1S/C19H15F3N4O/c20-14-4-2-1-3-12(14)7-9-23-18(27)17-8-10-24-19(26-17)25-13-5-6-15(21)16(22)11-13/h1-6,8,10-11H,7,9H2,(H,23,27)(H,24,25,26). The fourth-order valence-electron chi connectivity index (χ4n) is 2.35. The zero-order valence-corrected chi connectivity index (χ0v) is 14.0. The second-order valence-corrected chi connectivity index (χ2v) is 5.62. The molecule has 0 fully saturated rings. The number of amides is 1. The highest BCUT2D eigenvalue weighted by Gasteiger charge is 2.10. The third-order valence-electron chi connectivity index (χ3n) is 3.70. The first kappa shape index (κ1) is 18.4. The normalized spacial score (nSPS) is 10.5. The lowest BCUT2D eigenvalue weighted by molar-refractivity contribution is 0.0949. The molecule has 2 N–H and O–H groups in total. The van der Waals surface area contributed by atoms with Gasteiger partial charge in [0.1, 0.15) is 11.5 Å². The van der Waals surface area contributed by atoms with Crippen molar-refractivity contribution < 1.29 is 18.0 Å². The van der Waals surface area contributed by atoms with Gasteiger partial charge in [-0.2, -0.15) is 0 Å². The summed E-state index contributed by atoms with van der Waals surface area (Å²) in [6.07, 6.45) is 1.70. The van der Waals surface area contributed by atoms with Crippen LogP contribution in [0.25, 0.3) is 0 Å². The summed E-state index contributed by atoms with van der Waals surface area (Å²) in [6, 6.07) is 11.0. The van der Waals surface area contributed by atoms with Crippen LogP contribution < -0.4 is 10.6 Å². The number of carbonyl (C=O) groups excluding carboxylic acids is 1. The van der Waals surface area contributed by atoms with Crippen LogP contribution in [0.1, 0.15) is 16.1 Å². The Kier molecular flexibility index (Phi) is 5.65. The van der Waals surface area contributed by atoms with E-state index in [1.807, 2.05) is 0 Å². The third-order valence-corrected chi connectivity index (χ3v) is 3.70. The minimum absolute atomic E-state index is 0.0581. The summed E-state index contributed by atoms with van der Waals surface area (Å²) < 4.78 is 39.8. The molecule has 0 atom stereocenters. The smallest absolute Gasteiger partial charge is 0.270 e. The van der Waals surface area contributed by atoms with Crippen LogP contribution in [-0.2, 0) is 6.42 Å². The van der Waals surface area contributed by atoms with Gasteiger partial charge in [-0.15, -0.1) is 0 Å². The second kappa shape index (κ2) is 8.31. The molecule has 8 heteroatoms. The molecule has 0 bridgehead atoms. The Morgan fingerprint density at radius 3 is 2.56 bits per heavy atom. The number of nitrogens with zero attached hydrogens (tertiary/aromatic N) is 2. The SMILES string of the molecule is O=C(NCCc1ccccc1F)c1ccnc(Nc2ccc(F)c(F)c2)n1. The number of nitrogens with one attached hydrogen (secondary N) is 2. The maximum absolute atomic E-state index is 13.6. The van der Waals surface area contributed by atoms with Gasteiger partial charge in [0, 0.05) is 24.5 Å². The van der Waals surface area contributed by atoms with Crippen molar-refractivity contribution in [1.29, 1.82) is 0 Å². The molecule has 0 aliphatic heterocycles. The van der Waals surface area contributed by atoms with Gasteiger partial charge in [0.05, 0.1) is 0 Å². The number of hydrogen-bond acceptors (Lipinski definition) is 4. The molecule has 1 aromatic heterocycles. The number of carbonyl (C=O) groups is 1. The van der Waals surface area contributed by atoms with Crippen molar-refractivity contribution in [3.63, 3.8) is 0 Å². The zero-order chi connectivity index (χ0) is 19.2. The first-order valence-corrected chi connectivity index (χ1v) is 8.09. The quantitative estimate of drug-likeness (QED) is 0.694. The lowest BCUT2D eigenvalue weighted by Crippen LogP contribution is -2.27. The van der Waals surface area contributed by atoms with E-state index in [4.69, 9.17) is 0 Å². The van der Waals surface area contributed by atoms with Crippen molar-refractivity contribution in [2.24, 2.45) is 0 Å². The van der Waals surface area contributed by atoms with E-state index in [0.717, 1.165) is 12.1 Å². The van der Waals surface area contributed by atoms with Gasteiger partial charge >= 0.3 is 0 Å². The van der Waals surface area contributed by atoms with Crippen molar-refractivity contribution >= 4 is 17.5 Å². The molecule has 1 heterocycles. The molecule has 0 radical (unpaired) electrons. The van der Waals surface area contributed by atoms with Gasteiger partial charge in [-0.25, -0.2) is 23.1 Å².